The molecular weight excluding hydrogens is 554 g/mol. The Morgan fingerprint density at radius 1 is 1.23 bits per heavy atom. The molecule has 1 fully saturated rings. The zero-order valence-corrected chi connectivity index (χ0v) is 23.8. The van der Waals surface area contributed by atoms with Crippen molar-refractivity contribution in [3.05, 3.63) is 82.3 Å². The third kappa shape index (κ3) is 5.16. The van der Waals surface area contributed by atoms with Crippen molar-refractivity contribution in [3.63, 3.8) is 0 Å². The molecule has 9 nitrogen and oxygen atoms in total. The first-order valence-electron chi connectivity index (χ1n) is 12.6. The molecule has 2 aliphatic rings. The number of sulfone groups is 1. The standard InChI is InChI=1S/C29H28ClN3O6S/c1-18-12-23(20-6-4-7-21(13-20)40(3,37)38)24(30)14-22(18)26-27(35)29(39-28(26)36)10-5-11-33(17-29)25(34)9-8-19-15-31-32(2)16-19/h4,6-9,12-16,35H,5,10-11,17H2,1-3H3/b9-8-. The number of halogens is 1. The van der Waals surface area contributed by atoms with Gasteiger partial charge in [0.1, 0.15) is 5.57 Å². The number of piperidine rings is 1. The second-order valence-corrected chi connectivity index (χ2v) is 12.6. The molecule has 0 aliphatic carbocycles. The zero-order chi connectivity index (χ0) is 28.8. The number of ether oxygens (including phenoxy) is 1. The number of amides is 1. The van der Waals surface area contributed by atoms with E-state index >= 15 is 0 Å². The van der Waals surface area contributed by atoms with E-state index in [4.69, 9.17) is 16.3 Å². The lowest BCUT2D eigenvalue weighted by Crippen LogP contribution is -2.51. The van der Waals surface area contributed by atoms with Crippen molar-refractivity contribution in [2.24, 2.45) is 7.05 Å². The Hall–Kier alpha value is -3.89. The molecule has 208 valence electrons. The lowest BCUT2D eigenvalue weighted by atomic mass is 9.87. The Kier molecular flexibility index (Phi) is 7.09. The van der Waals surface area contributed by atoms with Crippen molar-refractivity contribution in [1.29, 1.82) is 0 Å². The van der Waals surface area contributed by atoms with Gasteiger partial charge in [0, 0.05) is 48.3 Å². The number of carbonyl (C=O) groups is 2. The van der Waals surface area contributed by atoms with E-state index in [0.29, 0.717) is 41.6 Å². The van der Waals surface area contributed by atoms with Crippen LogP contribution >= 0.6 is 11.6 Å². The number of aliphatic hydroxyl groups excluding tert-OH is 1. The molecule has 3 aromatic rings. The molecule has 1 N–H and O–H groups in total. The van der Waals surface area contributed by atoms with Gasteiger partial charge in [0.2, 0.25) is 5.91 Å². The van der Waals surface area contributed by atoms with E-state index in [0.717, 1.165) is 11.8 Å². The number of aryl methyl sites for hydroxylation is 2. The number of esters is 1. The average Bonchev–Trinajstić information content (AvgIpc) is 3.42. The van der Waals surface area contributed by atoms with Crippen molar-refractivity contribution in [3.8, 4) is 11.1 Å². The zero-order valence-electron chi connectivity index (χ0n) is 22.2. The fourth-order valence-electron chi connectivity index (χ4n) is 5.19. The van der Waals surface area contributed by atoms with Gasteiger partial charge in [0.15, 0.2) is 21.2 Å². The summed E-state index contributed by atoms with van der Waals surface area (Å²) in [6.07, 6.45) is 8.56. The highest BCUT2D eigenvalue weighted by atomic mass is 35.5. The van der Waals surface area contributed by atoms with Crippen LogP contribution in [0.5, 0.6) is 0 Å². The van der Waals surface area contributed by atoms with E-state index in [2.05, 4.69) is 5.10 Å². The van der Waals surface area contributed by atoms with Crippen LogP contribution in [0.15, 0.2) is 65.5 Å². The normalized spacial score (nSPS) is 19.6. The number of hydrogen-bond donors (Lipinski definition) is 1. The SMILES string of the molecule is Cc1cc(-c2cccc(S(C)(=O)=O)c2)c(Cl)cc1C1=C(O)C2(CCCN(C(=O)/C=C\c3cnn(C)c3)C2)OC1=O. The van der Waals surface area contributed by atoms with Crippen LogP contribution in [-0.2, 0) is 31.2 Å². The maximum Gasteiger partial charge on any atom is 0.343 e. The maximum absolute atomic E-state index is 13.1. The third-order valence-corrected chi connectivity index (χ3v) is 8.65. The quantitative estimate of drug-likeness (QED) is 0.351. The topological polar surface area (TPSA) is 119 Å². The van der Waals surface area contributed by atoms with Crippen LogP contribution < -0.4 is 0 Å². The van der Waals surface area contributed by atoms with Crippen LogP contribution in [0.2, 0.25) is 5.02 Å². The summed E-state index contributed by atoms with van der Waals surface area (Å²) in [4.78, 5) is 27.8. The molecule has 1 aromatic heterocycles. The first-order chi connectivity index (χ1) is 18.9. The summed E-state index contributed by atoms with van der Waals surface area (Å²) in [5.74, 6) is -1.18. The van der Waals surface area contributed by atoms with Gasteiger partial charge in [-0.2, -0.15) is 5.10 Å². The summed E-state index contributed by atoms with van der Waals surface area (Å²) in [7, 11) is -1.63. The fraction of sp³-hybridized carbons (Fsp3) is 0.276. The molecule has 0 bridgehead atoms. The van der Waals surface area contributed by atoms with Gasteiger partial charge in [-0.15, -0.1) is 0 Å². The molecule has 40 heavy (non-hydrogen) atoms. The first kappa shape index (κ1) is 27.7. The Bertz CT molecular complexity index is 1710. The van der Waals surface area contributed by atoms with Crippen molar-refractivity contribution in [2.75, 3.05) is 19.3 Å². The van der Waals surface area contributed by atoms with Gasteiger partial charge >= 0.3 is 5.97 Å². The second kappa shape index (κ2) is 10.3. The van der Waals surface area contributed by atoms with Gasteiger partial charge < -0.3 is 14.7 Å². The molecule has 1 saturated heterocycles. The van der Waals surface area contributed by atoms with Gasteiger partial charge in [0.05, 0.1) is 17.6 Å². The summed E-state index contributed by atoms with van der Waals surface area (Å²) in [5, 5.41) is 15.7. The molecule has 1 spiro atoms. The first-order valence-corrected chi connectivity index (χ1v) is 14.9. The minimum Gasteiger partial charge on any atom is -0.507 e. The van der Waals surface area contributed by atoms with E-state index in [1.807, 2.05) is 0 Å². The highest BCUT2D eigenvalue weighted by Gasteiger charge is 2.51. The number of rotatable bonds is 5. The largest absolute Gasteiger partial charge is 0.507 e. The van der Waals surface area contributed by atoms with Crippen LogP contribution in [0.1, 0.15) is 29.5 Å². The number of aliphatic hydroxyl groups is 1. The minimum absolute atomic E-state index is 0.0102. The molecule has 5 rings (SSSR count). The Balaban J connectivity index is 1.45. The molecule has 1 unspecified atom stereocenters. The van der Waals surface area contributed by atoms with Crippen molar-refractivity contribution < 1.29 is 27.9 Å². The monoisotopic (exact) mass is 581 g/mol. The third-order valence-electron chi connectivity index (χ3n) is 7.23. The van der Waals surface area contributed by atoms with Crippen molar-refractivity contribution in [2.45, 2.75) is 30.3 Å². The van der Waals surface area contributed by atoms with Gasteiger partial charge in [-0.25, -0.2) is 13.2 Å². The van der Waals surface area contributed by atoms with E-state index in [1.165, 1.54) is 12.1 Å². The number of aromatic nitrogens is 2. The highest BCUT2D eigenvalue weighted by molar-refractivity contribution is 7.90. The van der Waals surface area contributed by atoms with Crippen LogP contribution in [0.25, 0.3) is 22.8 Å². The molecular formula is C29H28ClN3O6S. The molecule has 11 heteroatoms. The van der Waals surface area contributed by atoms with Crippen LogP contribution in [0.4, 0.5) is 0 Å². The summed E-state index contributed by atoms with van der Waals surface area (Å²) in [6.45, 7) is 2.26. The molecule has 3 heterocycles. The Morgan fingerprint density at radius 3 is 2.70 bits per heavy atom. The fourth-order valence-corrected chi connectivity index (χ4v) is 6.13. The molecule has 0 saturated carbocycles. The van der Waals surface area contributed by atoms with Gasteiger partial charge in [-0.05, 0) is 66.8 Å². The van der Waals surface area contributed by atoms with Crippen LogP contribution in [0, 0.1) is 6.92 Å². The summed E-state index contributed by atoms with van der Waals surface area (Å²) < 4.78 is 31.5. The average molecular weight is 582 g/mol. The predicted molar refractivity (Wildman–Crippen MR) is 151 cm³/mol. The second-order valence-electron chi connectivity index (χ2n) is 10.2. The van der Waals surface area contributed by atoms with Crippen LogP contribution in [0.3, 0.4) is 0 Å². The van der Waals surface area contributed by atoms with Gasteiger partial charge in [-0.1, -0.05) is 23.7 Å². The van der Waals surface area contributed by atoms with Crippen molar-refractivity contribution in [1.82, 2.24) is 14.7 Å². The number of benzene rings is 2. The summed E-state index contributed by atoms with van der Waals surface area (Å²) >= 11 is 6.63. The Morgan fingerprint density at radius 2 is 2.00 bits per heavy atom. The molecule has 1 amide bonds. The Labute approximate surface area is 237 Å². The van der Waals surface area contributed by atoms with Crippen LogP contribution in [-0.4, -0.2) is 65.0 Å². The number of hydrogen-bond acceptors (Lipinski definition) is 7. The highest BCUT2D eigenvalue weighted by Crippen LogP contribution is 2.44. The smallest absolute Gasteiger partial charge is 0.343 e. The number of likely N-dealkylation sites (tertiary alicyclic amines) is 1. The summed E-state index contributed by atoms with van der Waals surface area (Å²) in [5.41, 5.74) is 1.69. The lowest BCUT2D eigenvalue weighted by Gasteiger charge is -2.38. The molecule has 1 atom stereocenters. The van der Waals surface area contributed by atoms with E-state index < -0.39 is 21.4 Å². The number of carbonyl (C=O) groups excluding carboxylic acids is 2. The van der Waals surface area contributed by atoms with E-state index in [-0.39, 0.29) is 33.7 Å². The van der Waals surface area contributed by atoms with E-state index in [9.17, 15) is 23.1 Å². The lowest BCUT2D eigenvalue weighted by molar-refractivity contribution is -0.155. The summed E-state index contributed by atoms with van der Waals surface area (Å²) in [6, 6.07) is 9.77. The molecule has 2 aromatic carbocycles. The molecule has 2 aliphatic heterocycles. The molecule has 0 radical (unpaired) electrons. The predicted octanol–water partition coefficient (Wildman–Crippen LogP) is 4.35. The maximum atomic E-state index is 13.1. The van der Waals surface area contributed by atoms with Gasteiger partial charge in [0.25, 0.3) is 0 Å². The van der Waals surface area contributed by atoms with Gasteiger partial charge in [-0.3, -0.25) is 9.48 Å². The minimum atomic E-state index is -3.42. The van der Waals surface area contributed by atoms with Crippen molar-refractivity contribution >= 4 is 45.0 Å². The number of nitrogens with zero attached hydrogens (tertiary/aromatic N) is 3. The van der Waals surface area contributed by atoms with E-state index in [1.54, 1.807) is 72.4 Å².